The predicted octanol–water partition coefficient (Wildman–Crippen LogP) is 5.54. The third-order valence-corrected chi connectivity index (χ3v) is 6.45. The Bertz CT molecular complexity index is 1230. The van der Waals surface area contributed by atoms with E-state index in [9.17, 15) is 22.4 Å². The first kappa shape index (κ1) is 25.3. The number of ether oxygens (including phenoxy) is 1. The van der Waals surface area contributed by atoms with E-state index in [-0.39, 0.29) is 11.3 Å². The maximum Gasteiger partial charge on any atom is 0.436 e. The molecule has 2 aromatic carbocycles. The van der Waals surface area contributed by atoms with Crippen LogP contribution < -0.4 is 9.64 Å². The van der Waals surface area contributed by atoms with E-state index >= 15 is 0 Å². The highest BCUT2D eigenvalue weighted by atomic mass is 35.5. The number of carbonyl (C=O) groups excluding carboxylic acids is 1. The molecule has 0 saturated carbocycles. The average molecular weight is 531 g/mol. The summed E-state index contributed by atoms with van der Waals surface area (Å²) in [7, 11) is 1.51. The zero-order valence-electron chi connectivity index (χ0n) is 18.4. The molecule has 0 N–H and O–H groups in total. The maximum absolute atomic E-state index is 13.9. The topological polar surface area (TPSA) is 50.6 Å². The molecule has 1 aliphatic heterocycles. The lowest BCUT2D eigenvalue weighted by molar-refractivity contribution is -0.142. The molecule has 0 bridgehead atoms. The zero-order valence-corrected chi connectivity index (χ0v) is 19.9. The largest absolute Gasteiger partial charge is 0.495 e. The second-order valence-corrected chi connectivity index (χ2v) is 8.64. The summed E-state index contributed by atoms with van der Waals surface area (Å²) >= 11 is 12.2. The highest BCUT2D eigenvalue weighted by Crippen LogP contribution is 2.41. The van der Waals surface area contributed by atoms with E-state index < -0.39 is 28.9 Å². The Labute approximate surface area is 208 Å². The van der Waals surface area contributed by atoms with E-state index in [2.05, 4.69) is 5.10 Å². The van der Waals surface area contributed by atoms with Gasteiger partial charge in [-0.15, -0.1) is 0 Å². The minimum Gasteiger partial charge on any atom is -0.495 e. The van der Waals surface area contributed by atoms with Gasteiger partial charge in [0.05, 0.1) is 22.8 Å². The summed E-state index contributed by atoms with van der Waals surface area (Å²) in [5.74, 6) is -0.141. The number of methoxy groups -OCH3 is 1. The molecule has 6 nitrogen and oxygen atoms in total. The third-order valence-electron chi connectivity index (χ3n) is 5.78. The Morgan fingerprint density at radius 3 is 2.40 bits per heavy atom. The number of carbonyl (C=O) groups is 1. The molecule has 1 unspecified atom stereocenters. The first-order valence-corrected chi connectivity index (χ1v) is 11.3. The molecule has 1 atom stereocenters. The fourth-order valence-corrected chi connectivity index (χ4v) is 4.61. The highest BCUT2D eigenvalue weighted by molar-refractivity contribution is 6.34. The maximum atomic E-state index is 13.9. The Morgan fingerprint density at radius 1 is 1.09 bits per heavy atom. The van der Waals surface area contributed by atoms with E-state index in [0.29, 0.717) is 43.2 Å². The monoisotopic (exact) mass is 530 g/mol. The van der Waals surface area contributed by atoms with E-state index in [4.69, 9.17) is 27.9 Å². The molecule has 1 saturated heterocycles. The SMILES string of the molecule is COc1cc(N2CCN(C(C=O)n3nc(C(F)(F)F)c(Cl)c3-c3cccc(F)c3)CC2)ccc1Cl. The van der Waals surface area contributed by atoms with Gasteiger partial charge < -0.3 is 9.64 Å². The van der Waals surface area contributed by atoms with Crippen molar-refractivity contribution in [2.75, 3.05) is 38.2 Å². The van der Waals surface area contributed by atoms with Gasteiger partial charge in [-0.1, -0.05) is 35.3 Å². The molecule has 186 valence electrons. The van der Waals surface area contributed by atoms with Crippen LogP contribution in [0.2, 0.25) is 10.0 Å². The van der Waals surface area contributed by atoms with Crippen molar-refractivity contribution >= 4 is 35.2 Å². The van der Waals surface area contributed by atoms with Crippen LogP contribution in [0.4, 0.5) is 23.2 Å². The second kappa shape index (κ2) is 10.0. The van der Waals surface area contributed by atoms with Crippen molar-refractivity contribution in [3.05, 3.63) is 64.0 Å². The molecule has 3 aromatic rings. The van der Waals surface area contributed by atoms with E-state index in [1.807, 2.05) is 11.0 Å². The molecule has 35 heavy (non-hydrogen) atoms. The van der Waals surface area contributed by atoms with Crippen LogP contribution in [0.25, 0.3) is 11.3 Å². The van der Waals surface area contributed by atoms with Crippen molar-refractivity contribution in [1.29, 1.82) is 0 Å². The zero-order chi connectivity index (χ0) is 25.3. The van der Waals surface area contributed by atoms with E-state index in [1.54, 1.807) is 17.0 Å². The Morgan fingerprint density at radius 2 is 1.80 bits per heavy atom. The predicted molar refractivity (Wildman–Crippen MR) is 125 cm³/mol. The molecule has 0 aliphatic carbocycles. The fraction of sp³-hybridized carbons (Fsp3) is 0.304. The summed E-state index contributed by atoms with van der Waals surface area (Å²) in [6.07, 6.45) is -5.53. The van der Waals surface area contributed by atoms with E-state index in [0.717, 1.165) is 22.5 Å². The summed E-state index contributed by atoms with van der Waals surface area (Å²) < 4.78 is 60.9. The molecule has 4 rings (SSSR count). The molecule has 1 fully saturated rings. The van der Waals surface area contributed by atoms with Gasteiger partial charge in [-0.3, -0.25) is 9.69 Å². The molecule has 1 aromatic heterocycles. The number of anilines is 1. The molecule has 2 heterocycles. The van der Waals surface area contributed by atoms with Crippen LogP contribution in [-0.2, 0) is 11.0 Å². The summed E-state index contributed by atoms with van der Waals surface area (Å²) in [6.45, 7) is 1.64. The molecule has 0 amide bonds. The van der Waals surface area contributed by atoms with Gasteiger partial charge in [0.1, 0.15) is 11.6 Å². The van der Waals surface area contributed by atoms with Crippen molar-refractivity contribution in [2.45, 2.75) is 12.3 Å². The first-order valence-electron chi connectivity index (χ1n) is 10.5. The average Bonchev–Trinajstić information content (AvgIpc) is 3.17. The van der Waals surface area contributed by atoms with Crippen LogP contribution in [0.5, 0.6) is 5.75 Å². The van der Waals surface area contributed by atoms with Gasteiger partial charge in [-0.2, -0.15) is 18.3 Å². The molecule has 0 spiro atoms. The molecule has 1 aliphatic rings. The number of hydrogen-bond donors (Lipinski definition) is 0. The van der Waals surface area contributed by atoms with Gasteiger partial charge in [-0.25, -0.2) is 9.07 Å². The molecular formula is C23H20Cl2F4N4O2. The number of rotatable bonds is 6. The lowest BCUT2D eigenvalue weighted by Crippen LogP contribution is -2.49. The smallest absolute Gasteiger partial charge is 0.436 e. The number of piperazine rings is 1. The van der Waals surface area contributed by atoms with Gasteiger partial charge in [0, 0.05) is 43.5 Å². The third kappa shape index (κ3) is 5.10. The highest BCUT2D eigenvalue weighted by Gasteiger charge is 2.41. The Balaban J connectivity index is 1.65. The Kier molecular flexibility index (Phi) is 7.25. The second-order valence-electron chi connectivity index (χ2n) is 7.86. The number of aromatic nitrogens is 2. The van der Waals surface area contributed by atoms with Crippen LogP contribution in [0.1, 0.15) is 11.9 Å². The van der Waals surface area contributed by atoms with Crippen molar-refractivity contribution in [2.24, 2.45) is 0 Å². The minimum absolute atomic E-state index is 0.0803. The quantitative estimate of drug-likeness (QED) is 0.309. The minimum atomic E-state index is -4.86. The van der Waals surface area contributed by atoms with Gasteiger partial charge in [-0.05, 0) is 24.3 Å². The van der Waals surface area contributed by atoms with Crippen LogP contribution in [-0.4, -0.2) is 54.3 Å². The molecule has 0 radical (unpaired) electrons. The summed E-state index contributed by atoms with van der Waals surface area (Å²) in [5, 5.41) is 3.44. The number of aldehydes is 1. The lowest BCUT2D eigenvalue weighted by Gasteiger charge is -2.38. The van der Waals surface area contributed by atoms with Crippen molar-refractivity contribution in [3.63, 3.8) is 0 Å². The molecule has 12 heteroatoms. The normalized spacial score (nSPS) is 15.8. The van der Waals surface area contributed by atoms with Crippen LogP contribution in [0.15, 0.2) is 42.5 Å². The number of benzene rings is 2. The standard InChI is InChI=1S/C23H20Cl2F4N4O2/c1-35-18-12-16(5-6-17(18)24)31-7-9-32(10-8-31)19(13-34)33-21(14-3-2-4-15(26)11-14)20(25)22(30-33)23(27,28)29/h2-6,11-13,19H,7-10H2,1H3. The van der Waals surface area contributed by atoms with Crippen molar-refractivity contribution in [1.82, 2.24) is 14.7 Å². The van der Waals surface area contributed by atoms with Crippen LogP contribution in [0, 0.1) is 5.82 Å². The van der Waals surface area contributed by atoms with Crippen molar-refractivity contribution < 1.29 is 27.1 Å². The molecular weight excluding hydrogens is 511 g/mol. The van der Waals surface area contributed by atoms with Gasteiger partial charge in [0.2, 0.25) is 0 Å². The van der Waals surface area contributed by atoms with Crippen molar-refractivity contribution in [3.8, 4) is 17.0 Å². The lowest BCUT2D eigenvalue weighted by atomic mass is 10.1. The number of nitrogens with zero attached hydrogens (tertiary/aromatic N) is 4. The van der Waals surface area contributed by atoms with Gasteiger partial charge in [0.25, 0.3) is 0 Å². The van der Waals surface area contributed by atoms with Gasteiger partial charge >= 0.3 is 6.18 Å². The number of alkyl halides is 3. The summed E-state index contributed by atoms with van der Waals surface area (Å²) in [6, 6.07) is 10.3. The van der Waals surface area contributed by atoms with Gasteiger partial charge in [0.15, 0.2) is 18.1 Å². The number of halogens is 6. The van der Waals surface area contributed by atoms with E-state index in [1.165, 1.54) is 19.2 Å². The number of hydrogen-bond acceptors (Lipinski definition) is 5. The fourth-order valence-electron chi connectivity index (χ4n) is 4.07. The van der Waals surface area contributed by atoms with Crippen LogP contribution in [0.3, 0.4) is 0 Å². The summed E-state index contributed by atoms with van der Waals surface area (Å²) in [4.78, 5) is 15.9. The van der Waals surface area contributed by atoms with Crippen LogP contribution >= 0.6 is 23.2 Å². The Hall–Kier alpha value is -2.82. The first-order chi connectivity index (χ1) is 16.6. The summed E-state index contributed by atoms with van der Waals surface area (Å²) in [5.41, 5.74) is -0.579.